The Bertz CT molecular complexity index is 391. The van der Waals surface area contributed by atoms with Gasteiger partial charge in [0.25, 0.3) is 0 Å². The first-order chi connectivity index (χ1) is 8.25. The number of nitrogens with zero attached hydrogens (tertiary/aromatic N) is 1. The lowest BCUT2D eigenvalue weighted by Gasteiger charge is -2.18. The van der Waals surface area contributed by atoms with E-state index in [1.54, 1.807) is 12.1 Å². The molecule has 1 aliphatic rings. The molecular weight excluding hydrogens is 221 g/mol. The Hall–Kier alpha value is -1.62. The molecular formula is C12H16FN3O. The van der Waals surface area contributed by atoms with E-state index in [1.807, 2.05) is 0 Å². The van der Waals surface area contributed by atoms with E-state index in [4.69, 9.17) is 0 Å². The highest BCUT2D eigenvalue weighted by Crippen LogP contribution is 2.12. The zero-order chi connectivity index (χ0) is 12.1. The lowest BCUT2D eigenvalue weighted by Crippen LogP contribution is -2.42. The summed E-state index contributed by atoms with van der Waals surface area (Å²) in [5.74, 6) is 0.421. The Morgan fingerprint density at radius 2 is 2.18 bits per heavy atom. The molecule has 0 fully saturated rings. The van der Waals surface area contributed by atoms with Crippen LogP contribution in [0.2, 0.25) is 0 Å². The third-order valence-electron chi connectivity index (χ3n) is 2.61. The maximum Gasteiger partial charge on any atom is 0.191 e. The van der Waals surface area contributed by atoms with Crippen LogP contribution in [0.25, 0.3) is 0 Å². The lowest BCUT2D eigenvalue weighted by atomic mass is 10.1. The molecule has 0 saturated carbocycles. The summed E-state index contributed by atoms with van der Waals surface area (Å²) in [5, 5.41) is 16.0. The molecule has 2 rings (SSSR count). The van der Waals surface area contributed by atoms with E-state index < -0.39 is 6.10 Å². The molecule has 5 heteroatoms. The fourth-order valence-electron chi connectivity index (χ4n) is 1.65. The summed E-state index contributed by atoms with van der Waals surface area (Å²) >= 11 is 0. The minimum Gasteiger partial charge on any atom is -0.387 e. The highest BCUT2D eigenvalue weighted by Gasteiger charge is 2.09. The number of guanidine groups is 1. The Balaban J connectivity index is 1.86. The molecule has 0 radical (unpaired) electrons. The van der Waals surface area contributed by atoms with Gasteiger partial charge in [-0.2, -0.15) is 0 Å². The Morgan fingerprint density at radius 1 is 1.41 bits per heavy atom. The predicted octanol–water partition coefficient (Wildman–Crippen LogP) is 0.798. The number of aliphatic hydroxyl groups excluding tert-OH is 1. The van der Waals surface area contributed by atoms with Crippen molar-refractivity contribution in [2.24, 2.45) is 4.99 Å². The first-order valence-corrected chi connectivity index (χ1v) is 5.71. The Morgan fingerprint density at radius 3 is 2.82 bits per heavy atom. The van der Waals surface area contributed by atoms with Crippen LogP contribution in [0.1, 0.15) is 18.1 Å². The molecule has 1 aliphatic heterocycles. The van der Waals surface area contributed by atoms with Crippen molar-refractivity contribution in [3.05, 3.63) is 35.6 Å². The van der Waals surface area contributed by atoms with Crippen molar-refractivity contribution in [1.29, 1.82) is 0 Å². The molecule has 1 atom stereocenters. The van der Waals surface area contributed by atoms with Crippen LogP contribution >= 0.6 is 0 Å². The van der Waals surface area contributed by atoms with Gasteiger partial charge in [0.2, 0.25) is 0 Å². The van der Waals surface area contributed by atoms with E-state index in [9.17, 15) is 9.50 Å². The molecule has 0 spiro atoms. The van der Waals surface area contributed by atoms with Crippen LogP contribution in [0.15, 0.2) is 29.3 Å². The molecule has 4 nitrogen and oxygen atoms in total. The van der Waals surface area contributed by atoms with E-state index in [0.29, 0.717) is 12.1 Å². The Kier molecular flexibility index (Phi) is 3.93. The average molecular weight is 237 g/mol. The van der Waals surface area contributed by atoms with Gasteiger partial charge in [0.05, 0.1) is 6.10 Å². The van der Waals surface area contributed by atoms with Crippen LogP contribution in [0.5, 0.6) is 0 Å². The molecule has 0 bridgehead atoms. The van der Waals surface area contributed by atoms with Gasteiger partial charge in [0, 0.05) is 19.6 Å². The number of aliphatic hydroxyl groups is 1. The monoisotopic (exact) mass is 237 g/mol. The molecule has 0 amide bonds. The van der Waals surface area contributed by atoms with Crippen molar-refractivity contribution in [3.63, 3.8) is 0 Å². The van der Waals surface area contributed by atoms with E-state index in [0.717, 1.165) is 25.5 Å². The zero-order valence-electron chi connectivity index (χ0n) is 9.49. The van der Waals surface area contributed by atoms with Crippen molar-refractivity contribution in [3.8, 4) is 0 Å². The van der Waals surface area contributed by atoms with Gasteiger partial charge in [-0.15, -0.1) is 0 Å². The predicted molar refractivity (Wildman–Crippen MR) is 64.3 cm³/mol. The van der Waals surface area contributed by atoms with Crippen LogP contribution in [-0.2, 0) is 0 Å². The summed E-state index contributed by atoms with van der Waals surface area (Å²) in [5.41, 5.74) is 0.690. The average Bonchev–Trinajstić information content (AvgIpc) is 2.38. The summed E-state index contributed by atoms with van der Waals surface area (Å²) in [7, 11) is 0. The molecule has 1 unspecified atom stereocenters. The second kappa shape index (κ2) is 5.63. The van der Waals surface area contributed by atoms with Gasteiger partial charge in [0.15, 0.2) is 5.96 Å². The molecule has 3 N–H and O–H groups in total. The summed E-state index contributed by atoms with van der Waals surface area (Å²) in [4.78, 5) is 4.23. The first kappa shape index (κ1) is 11.9. The summed E-state index contributed by atoms with van der Waals surface area (Å²) < 4.78 is 12.7. The number of aliphatic imine (C=N–C) groups is 1. The number of benzene rings is 1. The second-order valence-corrected chi connectivity index (χ2v) is 3.96. The highest BCUT2D eigenvalue weighted by atomic mass is 19.1. The molecule has 0 aromatic heterocycles. The van der Waals surface area contributed by atoms with Gasteiger partial charge in [-0.25, -0.2) is 4.39 Å². The van der Waals surface area contributed by atoms with Crippen molar-refractivity contribution in [1.82, 2.24) is 10.6 Å². The van der Waals surface area contributed by atoms with E-state index in [2.05, 4.69) is 15.6 Å². The van der Waals surface area contributed by atoms with Gasteiger partial charge >= 0.3 is 0 Å². The second-order valence-electron chi connectivity index (χ2n) is 3.96. The number of hydrogen-bond donors (Lipinski definition) is 3. The smallest absolute Gasteiger partial charge is 0.191 e. The molecule has 17 heavy (non-hydrogen) atoms. The molecule has 1 heterocycles. The third kappa shape index (κ3) is 3.42. The van der Waals surface area contributed by atoms with Gasteiger partial charge < -0.3 is 15.7 Å². The normalized spacial score (nSPS) is 16.9. The maximum atomic E-state index is 12.7. The van der Waals surface area contributed by atoms with E-state index >= 15 is 0 Å². The summed E-state index contributed by atoms with van der Waals surface area (Å²) in [6, 6.07) is 5.85. The van der Waals surface area contributed by atoms with Gasteiger partial charge in [0.1, 0.15) is 5.82 Å². The molecule has 0 saturated heterocycles. The van der Waals surface area contributed by atoms with Crippen molar-refractivity contribution in [2.45, 2.75) is 12.5 Å². The van der Waals surface area contributed by atoms with Crippen molar-refractivity contribution in [2.75, 3.05) is 19.6 Å². The Labute approximate surface area is 99.6 Å². The van der Waals surface area contributed by atoms with Crippen LogP contribution in [0.4, 0.5) is 4.39 Å². The van der Waals surface area contributed by atoms with Crippen molar-refractivity contribution < 1.29 is 9.50 Å². The summed E-state index contributed by atoms with van der Waals surface area (Å²) in [6.45, 7) is 2.07. The topological polar surface area (TPSA) is 56.6 Å². The van der Waals surface area contributed by atoms with Gasteiger partial charge in [-0.3, -0.25) is 4.99 Å². The molecule has 1 aromatic rings. The molecule has 0 aliphatic carbocycles. The standard InChI is InChI=1S/C12H16FN3O/c13-10-4-2-9(3-5-10)11(17)8-16-12-14-6-1-7-15-12/h2-5,11,17H,1,6-8H2,(H2,14,15,16). The van der Waals surface area contributed by atoms with Crippen LogP contribution in [0.3, 0.4) is 0 Å². The largest absolute Gasteiger partial charge is 0.387 e. The summed E-state index contributed by atoms with van der Waals surface area (Å²) in [6.07, 6.45) is 0.369. The highest BCUT2D eigenvalue weighted by molar-refractivity contribution is 5.80. The number of rotatable bonds is 3. The van der Waals surface area contributed by atoms with Gasteiger partial charge in [-0.1, -0.05) is 12.1 Å². The fraction of sp³-hybridized carbons (Fsp3) is 0.417. The van der Waals surface area contributed by atoms with Crippen LogP contribution in [-0.4, -0.2) is 30.7 Å². The number of hydrogen-bond acceptors (Lipinski definition) is 4. The first-order valence-electron chi connectivity index (χ1n) is 5.71. The van der Waals surface area contributed by atoms with E-state index in [-0.39, 0.29) is 5.82 Å². The van der Waals surface area contributed by atoms with Crippen LogP contribution < -0.4 is 10.6 Å². The third-order valence-corrected chi connectivity index (χ3v) is 2.61. The van der Waals surface area contributed by atoms with E-state index in [1.165, 1.54) is 12.1 Å². The minimum atomic E-state index is -0.665. The number of nitrogens with one attached hydrogen (secondary N) is 2. The van der Waals surface area contributed by atoms with Crippen molar-refractivity contribution >= 4 is 5.96 Å². The lowest BCUT2D eigenvalue weighted by molar-refractivity contribution is 0.180. The quantitative estimate of drug-likeness (QED) is 0.728. The minimum absolute atomic E-state index is 0.299. The zero-order valence-corrected chi connectivity index (χ0v) is 9.49. The molecule has 92 valence electrons. The van der Waals surface area contributed by atoms with Gasteiger partial charge in [-0.05, 0) is 24.1 Å². The molecule has 1 aromatic carbocycles. The van der Waals surface area contributed by atoms with Crippen LogP contribution in [0, 0.1) is 5.82 Å². The fourth-order valence-corrected chi connectivity index (χ4v) is 1.65. The maximum absolute atomic E-state index is 12.7. The number of halogens is 1. The SMILES string of the molecule is OC(CNC1=NCCCN1)c1ccc(F)cc1.